The molecule has 0 radical (unpaired) electrons. The fourth-order valence-corrected chi connectivity index (χ4v) is 11.9. The number of hydrogen-bond donors (Lipinski definition) is 0. The van der Waals surface area contributed by atoms with Gasteiger partial charge in [0.1, 0.15) is 5.60 Å². The van der Waals surface area contributed by atoms with Crippen molar-refractivity contribution in [2.24, 2.45) is 0 Å². The van der Waals surface area contributed by atoms with Gasteiger partial charge in [-0.3, -0.25) is 4.90 Å². The van der Waals surface area contributed by atoms with Crippen LogP contribution in [0.3, 0.4) is 0 Å². The van der Waals surface area contributed by atoms with Crippen molar-refractivity contribution in [3.8, 4) is 0 Å². The Kier molecular flexibility index (Phi) is 17.1. The molecule has 74 heavy (non-hydrogen) atoms. The number of likely N-dealkylation sites (tertiary alicyclic amines) is 1. The number of halogens is 3. The van der Waals surface area contributed by atoms with Gasteiger partial charge in [-0.25, -0.2) is 17.5 Å². The number of amides is 1. The molecule has 0 bridgehead atoms. The van der Waals surface area contributed by atoms with Crippen LogP contribution in [0.4, 0.5) is 40.7 Å². The number of ether oxygens (including phenoxy) is 1. The van der Waals surface area contributed by atoms with Gasteiger partial charge in [-0.05, 0) is 149 Å². The van der Waals surface area contributed by atoms with Crippen LogP contribution in [0.1, 0.15) is 83.7 Å². The monoisotopic (exact) mass is 1040 g/mol. The summed E-state index contributed by atoms with van der Waals surface area (Å²) in [6, 6.07) is 31.2. The highest BCUT2D eigenvalue weighted by Gasteiger charge is 2.45. The second-order valence-electron chi connectivity index (χ2n) is 22.1. The van der Waals surface area contributed by atoms with Crippen molar-refractivity contribution in [2.75, 3.05) is 108 Å². The van der Waals surface area contributed by atoms with E-state index in [0.717, 1.165) is 94.4 Å². The summed E-state index contributed by atoms with van der Waals surface area (Å²) >= 11 is 0. The fraction of sp³-hybridized carbons (Fsp3) is 0.475. The Bertz CT molecular complexity index is 2870. The van der Waals surface area contributed by atoms with Gasteiger partial charge in [0, 0.05) is 123 Å². The Balaban J connectivity index is 0.000000140. The van der Waals surface area contributed by atoms with Gasteiger partial charge >= 0.3 is 12.3 Å². The fourth-order valence-electron chi connectivity index (χ4n) is 10.9. The molecule has 1 saturated heterocycles. The van der Waals surface area contributed by atoms with E-state index in [4.69, 9.17) is 4.74 Å². The molecule has 1 fully saturated rings. The number of hydrogen-bond acceptors (Lipinski definition) is 9. The summed E-state index contributed by atoms with van der Waals surface area (Å²) in [7, 11) is 10.1. The SMILES string of the molecule is CN1CCc2cc(S(=O)(=O)N(C)C)ccc21.CN1CCc2ccc(C(F)(F)F)cc21.CN1Cc2ccccc2C1.Cc1ccc2c(c1)C1(CCN(C(=O)OC(C)(C)C)CC1)CN2C.Cc1cccc2c1N(C)CC2. The molecule has 0 atom stereocenters. The minimum absolute atomic E-state index is 0.178. The Labute approximate surface area is 439 Å². The molecule has 400 valence electrons. The van der Waals surface area contributed by atoms with E-state index in [9.17, 15) is 26.4 Å². The van der Waals surface area contributed by atoms with E-state index < -0.39 is 27.4 Å². The molecule has 0 unspecified atom stereocenters. The summed E-state index contributed by atoms with van der Waals surface area (Å²) in [5.74, 6) is 0. The highest BCUT2D eigenvalue weighted by Crippen LogP contribution is 2.47. The minimum atomic E-state index is -4.24. The van der Waals surface area contributed by atoms with Gasteiger partial charge in [-0.15, -0.1) is 0 Å². The number of anilines is 4. The summed E-state index contributed by atoms with van der Waals surface area (Å²) in [6.45, 7) is 17.9. The van der Waals surface area contributed by atoms with Crippen LogP contribution in [0.25, 0.3) is 0 Å². The van der Waals surface area contributed by atoms with Gasteiger partial charge in [0.25, 0.3) is 0 Å². The molecule has 0 N–H and O–H groups in total. The van der Waals surface area contributed by atoms with Gasteiger partial charge in [-0.1, -0.05) is 66.2 Å². The van der Waals surface area contributed by atoms with Gasteiger partial charge in [0.15, 0.2) is 0 Å². The lowest BCUT2D eigenvalue weighted by molar-refractivity contribution is -0.137. The summed E-state index contributed by atoms with van der Waals surface area (Å²) < 4.78 is 67.7. The van der Waals surface area contributed by atoms with Crippen molar-refractivity contribution in [1.82, 2.24) is 14.1 Å². The smallest absolute Gasteiger partial charge is 0.416 e. The normalized spacial score (nSPS) is 17.2. The molecule has 1 spiro atoms. The van der Waals surface area contributed by atoms with E-state index in [1.165, 1.54) is 68.1 Å². The topological polar surface area (TPSA) is 83.1 Å². The van der Waals surface area contributed by atoms with E-state index in [-0.39, 0.29) is 11.5 Å². The minimum Gasteiger partial charge on any atom is -0.444 e. The van der Waals surface area contributed by atoms with Crippen molar-refractivity contribution >= 4 is 38.9 Å². The van der Waals surface area contributed by atoms with E-state index in [2.05, 4.69) is 115 Å². The molecule has 5 aromatic rings. The van der Waals surface area contributed by atoms with Crippen molar-refractivity contribution in [1.29, 1.82) is 0 Å². The number of likely N-dealkylation sites (N-methyl/N-ethyl adjacent to an activating group) is 4. The van der Waals surface area contributed by atoms with E-state index >= 15 is 0 Å². The number of sulfonamides is 1. The molecule has 0 aliphatic carbocycles. The zero-order valence-corrected chi connectivity index (χ0v) is 46.6. The molecule has 6 heterocycles. The maximum Gasteiger partial charge on any atom is 0.416 e. The van der Waals surface area contributed by atoms with Crippen LogP contribution in [-0.4, -0.2) is 123 Å². The molecule has 0 aromatic heterocycles. The maximum atomic E-state index is 12.4. The van der Waals surface area contributed by atoms with E-state index in [1.54, 1.807) is 32.3 Å². The van der Waals surface area contributed by atoms with E-state index in [0.29, 0.717) is 10.6 Å². The molecule has 5 aromatic carbocycles. The molecule has 11 rings (SSSR count). The van der Waals surface area contributed by atoms with Gasteiger partial charge in [-0.2, -0.15) is 13.2 Å². The Morgan fingerprint density at radius 3 is 1.81 bits per heavy atom. The van der Waals surface area contributed by atoms with Crippen molar-refractivity contribution in [2.45, 2.75) is 102 Å². The van der Waals surface area contributed by atoms with Crippen molar-refractivity contribution in [3.63, 3.8) is 0 Å². The van der Waals surface area contributed by atoms with Crippen LogP contribution in [-0.2, 0) is 58.7 Å². The first-order valence-corrected chi connectivity index (χ1v) is 27.2. The lowest BCUT2D eigenvalue weighted by Crippen LogP contribution is -2.48. The average Bonchev–Trinajstić information content (AvgIpc) is 4.17. The van der Waals surface area contributed by atoms with Gasteiger partial charge in [0.05, 0.1) is 10.5 Å². The number of alkyl halides is 3. The van der Waals surface area contributed by atoms with Gasteiger partial charge < -0.3 is 29.2 Å². The lowest BCUT2D eigenvalue weighted by Gasteiger charge is -2.40. The van der Waals surface area contributed by atoms with Crippen LogP contribution < -0.4 is 19.6 Å². The molecular weight excluding hydrogens is 960 g/mol. The number of piperidine rings is 1. The highest BCUT2D eigenvalue weighted by atomic mass is 32.2. The van der Waals surface area contributed by atoms with Crippen molar-refractivity contribution < 1.29 is 31.1 Å². The first-order valence-electron chi connectivity index (χ1n) is 25.8. The lowest BCUT2D eigenvalue weighted by atomic mass is 9.74. The van der Waals surface area contributed by atoms with Crippen LogP contribution in [0.5, 0.6) is 0 Å². The number of rotatable bonds is 2. The Hall–Kier alpha value is -5.77. The zero-order valence-electron chi connectivity index (χ0n) is 45.7. The van der Waals surface area contributed by atoms with Crippen LogP contribution in [0.2, 0.25) is 0 Å². The molecular formula is C59H78F3N7O4S. The second kappa shape index (κ2) is 22.6. The number of nitrogens with zero attached hydrogens (tertiary/aromatic N) is 7. The number of carbonyl (C=O) groups is 1. The number of para-hydroxylation sites is 1. The third kappa shape index (κ3) is 13.0. The van der Waals surface area contributed by atoms with E-state index in [1.807, 2.05) is 50.7 Å². The first kappa shape index (κ1) is 56.0. The molecule has 0 saturated carbocycles. The second-order valence-corrected chi connectivity index (χ2v) is 24.2. The first-order chi connectivity index (χ1) is 34.8. The number of aryl methyl sites for hydroxylation is 2. The third-order valence-corrected chi connectivity index (χ3v) is 16.8. The maximum absolute atomic E-state index is 12.4. The van der Waals surface area contributed by atoms with Gasteiger partial charge in [0.2, 0.25) is 10.0 Å². The predicted molar refractivity (Wildman–Crippen MR) is 296 cm³/mol. The van der Waals surface area contributed by atoms with Crippen LogP contribution in [0, 0.1) is 13.8 Å². The van der Waals surface area contributed by atoms with Crippen LogP contribution in [0.15, 0.2) is 102 Å². The van der Waals surface area contributed by atoms with Crippen molar-refractivity contribution in [3.05, 3.63) is 147 Å². The average molecular weight is 1040 g/mol. The van der Waals surface area contributed by atoms with Crippen LogP contribution >= 0.6 is 0 Å². The number of benzene rings is 5. The summed E-state index contributed by atoms with van der Waals surface area (Å²) in [6.07, 6.45) is 0.571. The highest BCUT2D eigenvalue weighted by molar-refractivity contribution is 7.89. The summed E-state index contributed by atoms with van der Waals surface area (Å²) in [5.41, 5.74) is 14.6. The molecule has 1 amide bonds. The predicted octanol–water partition coefficient (Wildman–Crippen LogP) is 11.0. The third-order valence-electron chi connectivity index (χ3n) is 15.0. The molecule has 15 heteroatoms. The molecule has 11 nitrogen and oxygen atoms in total. The summed E-state index contributed by atoms with van der Waals surface area (Å²) in [4.78, 5) is 25.5. The molecule has 6 aliphatic rings. The zero-order chi connectivity index (χ0) is 53.9. The largest absolute Gasteiger partial charge is 0.444 e. The summed E-state index contributed by atoms with van der Waals surface area (Å²) in [5, 5.41) is 0. The quantitative estimate of drug-likeness (QED) is 0.172. The number of carbonyl (C=O) groups excluding carboxylic acids is 1. The molecule has 6 aliphatic heterocycles. The Morgan fingerprint density at radius 2 is 1.20 bits per heavy atom. The standard InChI is InChI=1S/C19H28N2O2.C11H16N2O2S.C10H10F3N.C10H13N.C9H11N/c1-14-6-7-16-15(12-14)19(13-20(16)5)8-10-21(11-9-19)17(22)23-18(2,3)4;1-12(2)16(14,15)10-4-5-11-9(8-10)6-7-13(11)3;1-14-5-4-7-2-3-8(6-9(7)14)10(11,12)13;1-8-4-3-5-9-6-7-11(2)10(8)9;1-10-6-8-4-2-3-5-9(8)7-10/h6-7,12H,8-11,13H2,1-5H3;4-5,8H,6-7H2,1-3H3;2-3,6H,4-5H2,1H3;3-5H,6-7H2,1-2H3;2-5H,6-7H2,1H3. The Morgan fingerprint density at radius 1 is 0.622 bits per heavy atom. The number of fused-ring (bicyclic) bond motifs is 6.